The van der Waals surface area contributed by atoms with Crippen LogP contribution in [0.15, 0.2) is 18.2 Å². The van der Waals surface area contributed by atoms with Crippen molar-refractivity contribution in [1.82, 2.24) is 5.32 Å². The van der Waals surface area contributed by atoms with E-state index in [1.807, 2.05) is 0 Å². The van der Waals surface area contributed by atoms with Gasteiger partial charge in [0.2, 0.25) is 0 Å². The van der Waals surface area contributed by atoms with E-state index in [2.05, 4.69) is 10.6 Å². The highest BCUT2D eigenvalue weighted by Crippen LogP contribution is 2.28. The lowest BCUT2D eigenvalue weighted by atomic mass is 9.93. The van der Waals surface area contributed by atoms with Crippen molar-refractivity contribution in [1.29, 1.82) is 0 Å². The Bertz CT molecular complexity index is 539. The van der Waals surface area contributed by atoms with Crippen molar-refractivity contribution in [2.45, 2.75) is 37.8 Å². The highest BCUT2D eigenvalue weighted by atomic mass is 16.6. The van der Waals surface area contributed by atoms with Crippen LogP contribution in [0, 0.1) is 10.1 Å². The van der Waals surface area contributed by atoms with Crippen molar-refractivity contribution >= 4 is 17.3 Å². The number of aliphatic hydroxyl groups excluding tert-OH is 1. The van der Waals surface area contributed by atoms with Gasteiger partial charge >= 0.3 is 5.69 Å². The van der Waals surface area contributed by atoms with Gasteiger partial charge in [0.25, 0.3) is 5.91 Å². The summed E-state index contributed by atoms with van der Waals surface area (Å²) in [5.74, 6) is -0.444. The number of hydrogen-bond donors (Lipinski definition) is 3. The molecule has 1 aromatic rings. The molecule has 3 N–H and O–H groups in total. The molecular weight excluding hydrogens is 274 g/mol. The number of carbonyl (C=O) groups is 1. The summed E-state index contributed by atoms with van der Waals surface area (Å²) >= 11 is 0. The van der Waals surface area contributed by atoms with Crippen LogP contribution in [0.3, 0.4) is 0 Å². The smallest absolute Gasteiger partial charge is 0.305 e. The van der Waals surface area contributed by atoms with E-state index < -0.39 is 10.8 Å². The van der Waals surface area contributed by atoms with Gasteiger partial charge in [-0.3, -0.25) is 14.9 Å². The predicted octanol–water partition coefficient (Wildman–Crippen LogP) is 1.67. The van der Waals surface area contributed by atoms with Crippen LogP contribution in [-0.4, -0.2) is 35.1 Å². The Morgan fingerprint density at radius 3 is 2.57 bits per heavy atom. The highest BCUT2D eigenvalue weighted by Gasteiger charge is 2.27. The average molecular weight is 293 g/mol. The van der Waals surface area contributed by atoms with Crippen LogP contribution < -0.4 is 10.6 Å². The maximum Gasteiger partial charge on any atom is 0.305 e. The average Bonchev–Trinajstić information content (AvgIpc) is 2.48. The molecule has 0 unspecified atom stereocenters. The summed E-state index contributed by atoms with van der Waals surface area (Å²) in [5.41, 5.74) is 0.151. The van der Waals surface area contributed by atoms with Gasteiger partial charge in [-0.05, 0) is 37.8 Å². The summed E-state index contributed by atoms with van der Waals surface area (Å²) in [4.78, 5) is 22.9. The van der Waals surface area contributed by atoms with E-state index in [0.29, 0.717) is 31.4 Å². The summed E-state index contributed by atoms with van der Waals surface area (Å²) in [6, 6.07) is 4.58. The first-order valence-electron chi connectivity index (χ1n) is 6.97. The fraction of sp³-hybridized carbons (Fsp3) is 0.500. The Hall–Kier alpha value is -2.15. The van der Waals surface area contributed by atoms with Crippen molar-refractivity contribution < 1.29 is 14.8 Å². The number of nitro groups is 1. The van der Waals surface area contributed by atoms with Gasteiger partial charge in [-0.2, -0.15) is 0 Å². The molecule has 0 heterocycles. The van der Waals surface area contributed by atoms with Gasteiger partial charge in [0, 0.05) is 13.1 Å². The van der Waals surface area contributed by atoms with Crippen LogP contribution in [-0.2, 0) is 0 Å². The van der Waals surface area contributed by atoms with Crippen LogP contribution in [0.2, 0.25) is 0 Å². The number of carbonyl (C=O) groups excluding carboxylic acids is 1. The van der Waals surface area contributed by atoms with Gasteiger partial charge in [0.15, 0.2) is 0 Å². The summed E-state index contributed by atoms with van der Waals surface area (Å²) < 4.78 is 0. The molecule has 0 spiro atoms. The minimum Gasteiger partial charge on any atom is -0.393 e. The van der Waals surface area contributed by atoms with Crippen molar-refractivity contribution in [3.63, 3.8) is 0 Å². The monoisotopic (exact) mass is 293 g/mol. The second-order valence-electron chi connectivity index (χ2n) is 5.19. The topological polar surface area (TPSA) is 104 Å². The molecule has 0 atom stereocenters. The quantitative estimate of drug-likeness (QED) is 0.578. The molecular formula is C14H19N3O4. The Morgan fingerprint density at radius 2 is 2.00 bits per heavy atom. The minimum atomic E-state index is -0.550. The summed E-state index contributed by atoms with van der Waals surface area (Å²) in [7, 11) is 1.58. The second kappa shape index (κ2) is 6.53. The van der Waals surface area contributed by atoms with Crippen LogP contribution in [0.4, 0.5) is 11.4 Å². The zero-order valence-corrected chi connectivity index (χ0v) is 11.8. The molecule has 1 aromatic carbocycles. The van der Waals surface area contributed by atoms with Crippen molar-refractivity contribution in [2.24, 2.45) is 0 Å². The first-order valence-corrected chi connectivity index (χ1v) is 6.97. The second-order valence-corrected chi connectivity index (χ2v) is 5.19. The van der Waals surface area contributed by atoms with Gasteiger partial charge in [-0.1, -0.05) is 6.07 Å². The first kappa shape index (κ1) is 15.2. The lowest BCUT2D eigenvalue weighted by molar-refractivity contribution is -0.384. The molecule has 0 saturated heterocycles. The van der Waals surface area contributed by atoms with Crippen molar-refractivity contribution in [3.05, 3.63) is 33.9 Å². The van der Waals surface area contributed by atoms with E-state index in [1.165, 1.54) is 6.07 Å². The molecule has 1 aliphatic rings. The fourth-order valence-electron chi connectivity index (χ4n) is 2.61. The number of benzene rings is 1. The molecule has 0 aromatic heterocycles. The molecule has 114 valence electrons. The molecule has 1 amide bonds. The largest absolute Gasteiger partial charge is 0.393 e. The lowest BCUT2D eigenvalue weighted by Gasteiger charge is -2.26. The number of nitro benzene ring substituents is 1. The third-order valence-corrected chi connectivity index (χ3v) is 3.76. The van der Waals surface area contributed by atoms with Gasteiger partial charge in [0.05, 0.1) is 11.0 Å². The normalized spacial score (nSPS) is 21.6. The Morgan fingerprint density at radius 1 is 1.33 bits per heavy atom. The third-order valence-electron chi connectivity index (χ3n) is 3.76. The molecule has 0 bridgehead atoms. The van der Waals surface area contributed by atoms with E-state index >= 15 is 0 Å². The number of nitrogens with one attached hydrogen (secondary N) is 2. The summed E-state index contributed by atoms with van der Waals surface area (Å²) in [6.45, 7) is 0. The molecule has 1 fully saturated rings. The van der Waals surface area contributed by atoms with Crippen LogP contribution in [0.1, 0.15) is 36.0 Å². The number of para-hydroxylation sites is 1. The van der Waals surface area contributed by atoms with Crippen LogP contribution >= 0.6 is 0 Å². The van der Waals surface area contributed by atoms with E-state index in [0.717, 1.165) is 0 Å². The highest BCUT2D eigenvalue weighted by molar-refractivity contribution is 6.00. The molecule has 21 heavy (non-hydrogen) atoms. The van der Waals surface area contributed by atoms with Gasteiger partial charge in [0.1, 0.15) is 11.3 Å². The molecule has 1 saturated carbocycles. The first-order chi connectivity index (χ1) is 10.0. The number of nitrogens with zero attached hydrogens (tertiary/aromatic N) is 1. The number of hydrogen-bond acceptors (Lipinski definition) is 5. The zero-order chi connectivity index (χ0) is 15.4. The molecule has 1 aliphatic carbocycles. The van der Waals surface area contributed by atoms with E-state index in [1.54, 1.807) is 19.2 Å². The summed E-state index contributed by atoms with van der Waals surface area (Å²) in [6.07, 6.45) is 2.35. The Kier molecular flexibility index (Phi) is 4.74. The number of rotatable bonds is 4. The van der Waals surface area contributed by atoms with E-state index in [4.69, 9.17) is 0 Å². The fourth-order valence-corrected chi connectivity index (χ4v) is 2.61. The third kappa shape index (κ3) is 3.49. The number of aliphatic hydroxyl groups is 1. The van der Waals surface area contributed by atoms with Gasteiger partial charge in [-0.15, -0.1) is 0 Å². The van der Waals surface area contributed by atoms with Crippen molar-refractivity contribution in [3.8, 4) is 0 Å². The Balaban J connectivity index is 2.17. The van der Waals surface area contributed by atoms with Crippen molar-refractivity contribution in [2.75, 3.05) is 12.4 Å². The number of anilines is 1. The minimum absolute atomic E-state index is 0.0428. The number of amides is 1. The van der Waals surface area contributed by atoms with Crippen LogP contribution in [0.25, 0.3) is 0 Å². The zero-order valence-electron chi connectivity index (χ0n) is 11.8. The standard InChI is InChI=1S/C14H19N3O4/c1-15-12-4-2-3-11(13(12)17(20)21)14(19)16-9-5-7-10(18)8-6-9/h2-4,9-10,15,18H,5-8H2,1H3,(H,16,19). The maximum atomic E-state index is 12.3. The summed E-state index contributed by atoms with van der Waals surface area (Å²) in [5, 5.41) is 26.2. The SMILES string of the molecule is CNc1cccc(C(=O)NC2CCC(O)CC2)c1[N+](=O)[O-]. The molecule has 0 aliphatic heterocycles. The molecule has 7 heteroatoms. The van der Waals surface area contributed by atoms with Crippen LogP contribution in [0.5, 0.6) is 0 Å². The molecule has 2 rings (SSSR count). The predicted molar refractivity (Wildman–Crippen MR) is 78.4 cm³/mol. The lowest BCUT2D eigenvalue weighted by Crippen LogP contribution is -2.38. The van der Waals surface area contributed by atoms with E-state index in [9.17, 15) is 20.0 Å². The maximum absolute atomic E-state index is 12.3. The van der Waals surface area contributed by atoms with Gasteiger partial charge in [-0.25, -0.2) is 0 Å². The Labute approximate surface area is 122 Å². The van der Waals surface area contributed by atoms with E-state index in [-0.39, 0.29) is 23.4 Å². The molecule has 7 nitrogen and oxygen atoms in total. The van der Waals surface area contributed by atoms with Gasteiger partial charge < -0.3 is 15.7 Å². The molecule has 0 radical (unpaired) electrons.